The molecule has 1 unspecified atom stereocenters. The van der Waals surface area contributed by atoms with Crippen LogP contribution in [0.2, 0.25) is 0 Å². The van der Waals surface area contributed by atoms with Crippen molar-refractivity contribution in [1.29, 1.82) is 0 Å². The molecule has 0 radical (unpaired) electrons. The van der Waals surface area contributed by atoms with Crippen LogP contribution in [0.25, 0.3) is 0 Å². The molecule has 0 aliphatic rings. The second-order valence-corrected chi connectivity index (χ2v) is 4.93. The minimum Gasteiger partial charge on any atom is -0.375 e. The summed E-state index contributed by atoms with van der Waals surface area (Å²) in [6, 6.07) is 0. The van der Waals surface area contributed by atoms with Gasteiger partial charge < -0.3 is 10.1 Å². The first-order valence-corrected chi connectivity index (χ1v) is 6.00. The summed E-state index contributed by atoms with van der Waals surface area (Å²) in [4.78, 5) is 11.3. The molecule has 1 atom stereocenters. The number of carbonyl (C=O) groups is 1. The summed E-state index contributed by atoms with van der Waals surface area (Å²) in [5, 5.41) is 2.80. The van der Waals surface area contributed by atoms with Gasteiger partial charge in [-0.3, -0.25) is 4.79 Å². The predicted molar refractivity (Wildman–Crippen MR) is 66.2 cm³/mol. The van der Waals surface area contributed by atoms with Gasteiger partial charge in [0.2, 0.25) is 5.91 Å². The number of alkyl halides is 1. The summed E-state index contributed by atoms with van der Waals surface area (Å²) in [5.41, 5.74) is 0.988. The largest absolute Gasteiger partial charge is 0.375 e. The highest BCUT2D eigenvalue weighted by atomic mass is 79.9. The third-order valence-corrected chi connectivity index (χ3v) is 3.20. The zero-order chi connectivity index (χ0) is 11.8. The van der Waals surface area contributed by atoms with Crippen molar-refractivity contribution in [3.05, 3.63) is 12.2 Å². The smallest absolute Gasteiger partial charge is 0.234 e. The Morgan fingerprint density at radius 2 is 2.13 bits per heavy atom. The number of carbonyl (C=O) groups excluding carboxylic acids is 1. The van der Waals surface area contributed by atoms with Crippen LogP contribution in [0.4, 0.5) is 0 Å². The summed E-state index contributed by atoms with van der Waals surface area (Å²) in [6.45, 7) is 11.2. The number of amides is 1. The Hall–Kier alpha value is -0.350. The third-order valence-electron chi connectivity index (χ3n) is 1.73. The van der Waals surface area contributed by atoms with Crippen LogP contribution >= 0.6 is 15.9 Å². The monoisotopic (exact) mass is 277 g/mol. The van der Waals surface area contributed by atoms with E-state index in [2.05, 4.69) is 27.8 Å². The first-order chi connectivity index (χ1) is 6.95. The average molecular weight is 278 g/mol. The van der Waals surface area contributed by atoms with Crippen molar-refractivity contribution in [2.45, 2.75) is 25.6 Å². The standard InChI is InChI=1S/C11H20BrNO2/c1-8(2)7-15-6-5-13-11(14)10(12)9(3)4/h9-10H,1,5-7H2,2-4H3,(H,13,14). The van der Waals surface area contributed by atoms with Crippen LogP contribution in [0.3, 0.4) is 0 Å². The Balaban J connectivity index is 3.51. The summed E-state index contributed by atoms with van der Waals surface area (Å²) in [7, 11) is 0. The Labute approximate surface area is 100 Å². The van der Waals surface area contributed by atoms with E-state index in [0.29, 0.717) is 25.7 Å². The second kappa shape index (κ2) is 7.88. The van der Waals surface area contributed by atoms with Gasteiger partial charge in [-0.1, -0.05) is 41.9 Å². The predicted octanol–water partition coefficient (Wildman–Crippen LogP) is 2.11. The SMILES string of the molecule is C=C(C)COCCNC(=O)C(Br)C(C)C. The van der Waals surface area contributed by atoms with Crippen LogP contribution in [-0.4, -0.2) is 30.5 Å². The summed E-state index contributed by atoms with van der Waals surface area (Å²) in [6.07, 6.45) is 0. The minimum absolute atomic E-state index is 0.0175. The van der Waals surface area contributed by atoms with E-state index in [9.17, 15) is 4.79 Å². The van der Waals surface area contributed by atoms with Gasteiger partial charge >= 0.3 is 0 Å². The van der Waals surface area contributed by atoms with Gasteiger partial charge in [-0.25, -0.2) is 0 Å². The highest BCUT2D eigenvalue weighted by Gasteiger charge is 2.17. The van der Waals surface area contributed by atoms with Crippen LogP contribution in [0, 0.1) is 5.92 Å². The van der Waals surface area contributed by atoms with Gasteiger partial charge in [0.05, 0.1) is 18.0 Å². The lowest BCUT2D eigenvalue weighted by molar-refractivity contribution is -0.121. The molecule has 88 valence electrons. The van der Waals surface area contributed by atoms with E-state index in [1.807, 2.05) is 20.8 Å². The lowest BCUT2D eigenvalue weighted by atomic mass is 10.1. The number of halogens is 1. The molecular formula is C11H20BrNO2. The summed E-state index contributed by atoms with van der Waals surface area (Å²) < 4.78 is 5.26. The fraction of sp³-hybridized carbons (Fsp3) is 0.727. The van der Waals surface area contributed by atoms with Crippen molar-refractivity contribution in [3.63, 3.8) is 0 Å². The lowest BCUT2D eigenvalue weighted by Gasteiger charge is -2.13. The molecule has 0 fully saturated rings. The molecule has 0 aromatic carbocycles. The van der Waals surface area contributed by atoms with E-state index in [1.54, 1.807) is 0 Å². The van der Waals surface area contributed by atoms with Gasteiger partial charge in [0.1, 0.15) is 0 Å². The van der Waals surface area contributed by atoms with Crippen LogP contribution in [0.15, 0.2) is 12.2 Å². The second-order valence-electron chi connectivity index (χ2n) is 3.95. The van der Waals surface area contributed by atoms with Crippen LogP contribution in [-0.2, 0) is 9.53 Å². The van der Waals surface area contributed by atoms with Crippen LogP contribution in [0.1, 0.15) is 20.8 Å². The van der Waals surface area contributed by atoms with Crippen molar-refractivity contribution in [3.8, 4) is 0 Å². The molecule has 0 saturated heterocycles. The summed E-state index contributed by atoms with van der Waals surface area (Å²) in [5.74, 6) is 0.310. The molecule has 4 heteroatoms. The zero-order valence-corrected chi connectivity index (χ0v) is 11.3. The first-order valence-electron chi connectivity index (χ1n) is 5.09. The highest BCUT2D eigenvalue weighted by molar-refractivity contribution is 9.10. The van der Waals surface area contributed by atoms with Crippen molar-refractivity contribution >= 4 is 21.8 Å². The van der Waals surface area contributed by atoms with E-state index in [4.69, 9.17) is 4.74 Å². The molecule has 3 nitrogen and oxygen atoms in total. The average Bonchev–Trinajstić information content (AvgIpc) is 2.15. The number of nitrogens with one attached hydrogen (secondary N) is 1. The molecule has 0 saturated carbocycles. The molecule has 0 aromatic rings. The van der Waals surface area contributed by atoms with E-state index < -0.39 is 0 Å². The van der Waals surface area contributed by atoms with E-state index >= 15 is 0 Å². The van der Waals surface area contributed by atoms with Gasteiger partial charge in [0, 0.05) is 6.54 Å². The quantitative estimate of drug-likeness (QED) is 0.440. The maximum Gasteiger partial charge on any atom is 0.234 e. The van der Waals surface area contributed by atoms with Gasteiger partial charge in [0.15, 0.2) is 0 Å². The third kappa shape index (κ3) is 7.56. The van der Waals surface area contributed by atoms with Gasteiger partial charge in [-0.05, 0) is 12.8 Å². The molecule has 0 bridgehead atoms. The van der Waals surface area contributed by atoms with Crippen molar-refractivity contribution < 1.29 is 9.53 Å². The minimum atomic E-state index is -0.126. The highest BCUT2D eigenvalue weighted by Crippen LogP contribution is 2.11. The molecule has 0 aliphatic carbocycles. The van der Waals surface area contributed by atoms with Crippen molar-refractivity contribution in [2.24, 2.45) is 5.92 Å². The maximum absolute atomic E-state index is 11.5. The van der Waals surface area contributed by atoms with Gasteiger partial charge in [-0.2, -0.15) is 0 Å². The molecule has 0 aromatic heterocycles. The molecule has 0 aliphatic heterocycles. The zero-order valence-electron chi connectivity index (χ0n) is 9.68. The maximum atomic E-state index is 11.5. The van der Waals surface area contributed by atoms with Crippen LogP contribution in [0.5, 0.6) is 0 Å². The topological polar surface area (TPSA) is 38.3 Å². The number of hydrogen-bond donors (Lipinski definition) is 1. The Morgan fingerprint density at radius 3 is 2.60 bits per heavy atom. The number of rotatable bonds is 7. The fourth-order valence-electron chi connectivity index (χ4n) is 0.893. The molecule has 0 rings (SSSR count). The molecule has 0 heterocycles. The molecule has 1 amide bonds. The molecular weight excluding hydrogens is 258 g/mol. The van der Waals surface area contributed by atoms with Gasteiger partial charge in [-0.15, -0.1) is 0 Å². The van der Waals surface area contributed by atoms with E-state index in [-0.39, 0.29) is 10.7 Å². The summed E-state index contributed by atoms with van der Waals surface area (Å²) >= 11 is 3.33. The molecule has 0 spiro atoms. The molecule has 1 N–H and O–H groups in total. The Morgan fingerprint density at radius 1 is 1.53 bits per heavy atom. The number of ether oxygens (including phenoxy) is 1. The fourth-order valence-corrected chi connectivity index (χ4v) is 1.05. The number of hydrogen-bond acceptors (Lipinski definition) is 2. The van der Waals surface area contributed by atoms with E-state index in [0.717, 1.165) is 5.57 Å². The normalized spacial score (nSPS) is 12.6. The van der Waals surface area contributed by atoms with E-state index in [1.165, 1.54) is 0 Å². The lowest BCUT2D eigenvalue weighted by Crippen LogP contribution is -2.36. The first kappa shape index (κ1) is 14.6. The van der Waals surface area contributed by atoms with Crippen molar-refractivity contribution in [1.82, 2.24) is 5.32 Å². The Bertz CT molecular complexity index is 217. The Kier molecular flexibility index (Phi) is 7.70. The molecule has 15 heavy (non-hydrogen) atoms. The van der Waals surface area contributed by atoms with Gasteiger partial charge in [0.25, 0.3) is 0 Å². The van der Waals surface area contributed by atoms with Crippen molar-refractivity contribution in [2.75, 3.05) is 19.8 Å². The van der Waals surface area contributed by atoms with Crippen LogP contribution < -0.4 is 5.32 Å².